The number of carbonyl (C=O) groups is 1. The summed E-state index contributed by atoms with van der Waals surface area (Å²) < 4.78 is 0. The number of carbonyl (C=O) groups excluding carboxylic acids is 1. The Labute approximate surface area is 84.1 Å². The van der Waals surface area contributed by atoms with Gasteiger partial charge in [-0.25, -0.2) is 0 Å². The van der Waals surface area contributed by atoms with E-state index in [1.165, 1.54) is 4.90 Å². The van der Waals surface area contributed by atoms with Crippen molar-refractivity contribution in [2.24, 2.45) is 5.41 Å². The largest absolute Gasteiger partial charge is 0.392 e. The zero-order valence-corrected chi connectivity index (χ0v) is 8.66. The minimum atomic E-state index is -0.788. The number of hydrogen-bond donors (Lipinski definition) is 1. The Morgan fingerprint density at radius 2 is 2.29 bits per heavy atom. The van der Waals surface area contributed by atoms with E-state index in [1.807, 2.05) is 0 Å². The van der Waals surface area contributed by atoms with Gasteiger partial charge in [0.1, 0.15) is 5.41 Å². The second-order valence-electron chi connectivity index (χ2n) is 4.08. The van der Waals surface area contributed by atoms with Gasteiger partial charge in [-0.05, 0) is 26.2 Å². The van der Waals surface area contributed by atoms with Crippen LogP contribution < -0.4 is 0 Å². The second-order valence-corrected chi connectivity index (χ2v) is 4.08. The summed E-state index contributed by atoms with van der Waals surface area (Å²) in [4.78, 5) is 13.3. The van der Waals surface area contributed by atoms with Crippen molar-refractivity contribution in [2.75, 3.05) is 13.6 Å². The number of aliphatic hydroxyl groups is 1. The van der Waals surface area contributed by atoms with Gasteiger partial charge in [-0.3, -0.25) is 4.79 Å². The van der Waals surface area contributed by atoms with Crippen molar-refractivity contribution in [3.05, 3.63) is 0 Å². The summed E-state index contributed by atoms with van der Waals surface area (Å²) in [6, 6.07) is 2.10. The molecule has 0 saturated heterocycles. The molecule has 0 aromatic heterocycles. The first kappa shape index (κ1) is 11.0. The molecule has 1 saturated carbocycles. The third-order valence-electron chi connectivity index (χ3n) is 2.72. The van der Waals surface area contributed by atoms with Crippen molar-refractivity contribution in [3.8, 4) is 6.07 Å². The Balaban J connectivity index is 2.60. The van der Waals surface area contributed by atoms with Crippen LogP contribution in [-0.4, -0.2) is 35.6 Å². The number of amides is 1. The van der Waals surface area contributed by atoms with E-state index in [4.69, 9.17) is 10.4 Å². The first-order chi connectivity index (χ1) is 6.52. The van der Waals surface area contributed by atoms with Crippen molar-refractivity contribution < 1.29 is 9.90 Å². The standard InChI is InChI=1S/C10H16N2O2/c1-8(13)6-12(2)9(14)10(7-11)4-3-5-10/h8,13H,3-6H2,1-2H3. The first-order valence-electron chi connectivity index (χ1n) is 4.87. The molecular formula is C10H16N2O2. The first-order valence-corrected chi connectivity index (χ1v) is 4.87. The number of nitriles is 1. The number of aliphatic hydroxyl groups excluding tert-OH is 1. The summed E-state index contributed by atoms with van der Waals surface area (Å²) in [5.41, 5.74) is -0.788. The highest BCUT2D eigenvalue weighted by Crippen LogP contribution is 2.41. The molecule has 0 radical (unpaired) electrons. The van der Waals surface area contributed by atoms with E-state index >= 15 is 0 Å². The maximum absolute atomic E-state index is 11.8. The molecule has 1 unspecified atom stereocenters. The van der Waals surface area contributed by atoms with E-state index < -0.39 is 11.5 Å². The normalized spacial score (nSPS) is 20.4. The molecule has 0 aromatic rings. The molecule has 1 atom stereocenters. The number of likely N-dealkylation sites (N-methyl/N-ethyl adjacent to an activating group) is 1. The lowest BCUT2D eigenvalue weighted by Gasteiger charge is -2.37. The number of hydrogen-bond acceptors (Lipinski definition) is 3. The molecule has 0 bridgehead atoms. The smallest absolute Gasteiger partial charge is 0.242 e. The molecule has 0 heterocycles. The fraction of sp³-hybridized carbons (Fsp3) is 0.800. The van der Waals surface area contributed by atoms with Gasteiger partial charge in [0.15, 0.2) is 0 Å². The third kappa shape index (κ3) is 1.88. The van der Waals surface area contributed by atoms with E-state index in [2.05, 4.69) is 6.07 Å². The summed E-state index contributed by atoms with van der Waals surface area (Å²) in [6.45, 7) is 1.92. The van der Waals surface area contributed by atoms with E-state index in [0.29, 0.717) is 19.4 Å². The quantitative estimate of drug-likeness (QED) is 0.715. The maximum atomic E-state index is 11.8. The Hall–Kier alpha value is -1.08. The zero-order chi connectivity index (χ0) is 10.8. The van der Waals surface area contributed by atoms with Crippen molar-refractivity contribution in [2.45, 2.75) is 32.3 Å². The molecular weight excluding hydrogens is 180 g/mol. The highest BCUT2D eigenvalue weighted by atomic mass is 16.3. The van der Waals surface area contributed by atoms with Crippen LogP contribution >= 0.6 is 0 Å². The van der Waals surface area contributed by atoms with Crippen LogP contribution in [0.25, 0.3) is 0 Å². The molecule has 0 spiro atoms. The van der Waals surface area contributed by atoms with E-state index in [9.17, 15) is 4.79 Å². The highest BCUT2D eigenvalue weighted by molar-refractivity contribution is 5.86. The minimum Gasteiger partial charge on any atom is -0.392 e. The summed E-state index contributed by atoms with van der Waals surface area (Å²) in [7, 11) is 1.63. The second kappa shape index (κ2) is 3.97. The van der Waals surface area contributed by atoms with Crippen LogP contribution in [0.5, 0.6) is 0 Å². The molecule has 78 valence electrons. The zero-order valence-electron chi connectivity index (χ0n) is 8.66. The Morgan fingerprint density at radius 3 is 2.57 bits per heavy atom. The lowest BCUT2D eigenvalue weighted by molar-refractivity contribution is -0.142. The molecule has 1 amide bonds. The Morgan fingerprint density at radius 1 is 1.71 bits per heavy atom. The number of rotatable bonds is 3. The Kier molecular flexibility index (Phi) is 3.12. The lowest BCUT2D eigenvalue weighted by atomic mass is 9.69. The van der Waals surface area contributed by atoms with Crippen LogP contribution in [0, 0.1) is 16.7 Å². The summed E-state index contributed by atoms with van der Waals surface area (Å²) in [5.74, 6) is -0.146. The number of nitrogens with zero attached hydrogens (tertiary/aromatic N) is 2. The van der Waals surface area contributed by atoms with Gasteiger partial charge in [-0.2, -0.15) is 5.26 Å². The molecule has 4 heteroatoms. The van der Waals surface area contributed by atoms with Gasteiger partial charge in [0.05, 0.1) is 12.2 Å². The van der Waals surface area contributed by atoms with Gasteiger partial charge in [0.2, 0.25) is 5.91 Å². The predicted octanol–water partition coefficient (Wildman–Crippen LogP) is 0.519. The average Bonchev–Trinajstić information content (AvgIpc) is 2.01. The molecule has 1 aliphatic carbocycles. The van der Waals surface area contributed by atoms with Crippen LogP contribution in [-0.2, 0) is 4.79 Å². The van der Waals surface area contributed by atoms with Crippen LogP contribution in [0.15, 0.2) is 0 Å². The fourth-order valence-electron chi connectivity index (χ4n) is 1.75. The van der Waals surface area contributed by atoms with Gasteiger partial charge in [0.25, 0.3) is 0 Å². The predicted molar refractivity (Wildman–Crippen MR) is 51.2 cm³/mol. The van der Waals surface area contributed by atoms with Crippen LogP contribution in [0.2, 0.25) is 0 Å². The molecule has 1 aliphatic rings. The summed E-state index contributed by atoms with van der Waals surface area (Å²) >= 11 is 0. The summed E-state index contributed by atoms with van der Waals surface area (Å²) in [6.07, 6.45) is 1.72. The molecule has 1 N–H and O–H groups in total. The van der Waals surface area contributed by atoms with Crippen LogP contribution in [0.3, 0.4) is 0 Å². The summed E-state index contributed by atoms with van der Waals surface area (Å²) in [5, 5.41) is 18.1. The molecule has 14 heavy (non-hydrogen) atoms. The van der Waals surface area contributed by atoms with Crippen molar-refractivity contribution in [1.29, 1.82) is 5.26 Å². The molecule has 1 fully saturated rings. The van der Waals surface area contributed by atoms with Gasteiger partial charge in [-0.15, -0.1) is 0 Å². The fourth-order valence-corrected chi connectivity index (χ4v) is 1.75. The molecule has 0 aliphatic heterocycles. The van der Waals surface area contributed by atoms with Gasteiger partial charge in [0, 0.05) is 13.6 Å². The van der Waals surface area contributed by atoms with Crippen molar-refractivity contribution >= 4 is 5.91 Å². The highest BCUT2D eigenvalue weighted by Gasteiger charge is 2.46. The van der Waals surface area contributed by atoms with Gasteiger partial charge in [-0.1, -0.05) is 0 Å². The van der Waals surface area contributed by atoms with E-state index in [1.54, 1.807) is 14.0 Å². The van der Waals surface area contributed by atoms with Gasteiger partial charge < -0.3 is 10.0 Å². The van der Waals surface area contributed by atoms with Gasteiger partial charge >= 0.3 is 0 Å². The lowest BCUT2D eigenvalue weighted by Crippen LogP contribution is -2.47. The van der Waals surface area contributed by atoms with Crippen LogP contribution in [0.4, 0.5) is 0 Å². The Bertz CT molecular complexity index is 264. The van der Waals surface area contributed by atoms with Crippen LogP contribution in [0.1, 0.15) is 26.2 Å². The third-order valence-corrected chi connectivity index (χ3v) is 2.72. The minimum absolute atomic E-state index is 0.146. The molecule has 1 rings (SSSR count). The monoisotopic (exact) mass is 196 g/mol. The van der Waals surface area contributed by atoms with Crippen molar-refractivity contribution in [1.82, 2.24) is 4.90 Å². The average molecular weight is 196 g/mol. The molecule has 0 aromatic carbocycles. The SMILES string of the molecule is CC(O)CN(C)C(=O)C1(C#N)CCC1. The van der Waals surface area contributed by atoms with E-state index in [0.717, 1.165) is 6.42 Å². The van der Waals surface area contributed by atoms with E-state index in [-0.39, 0.29) is 5.91 Å². The topological polar surface area (TPSA) is 64.3 Å². The van der Waals surface area contributed by atoms with Crippen molar-refractivity contribution in [3.63, 3.8) is 0 Å². The molecule has 4 nitrogen and oxygen atoms in total. The maximum Gasteiger partial charge on any atom is 0.242 e.